The highest BCUT2D eigenvalue weighted by atomic mass is 32.1. The molecule has 18 heavy (non-hydrogen) atoms. The van der Waals surface area contributed by atoms with E-state index in [9.17, 15) is 0 Å². The summed E-state index contributed by atoms with van der Waals surface area (Å²) in [5.74, 6) is 0. The smallest absolute Gasteiger partial charge is 0.0900 e. The molecule has 1 saturated heterocycles. The van der Waals surface area contributed by atoms with Gasteiger partial charge in [0.25, 0.3) is 0 Å². The van der Waals surface area contributed by atoms with Gasteiger partial charge >= 0.3 is 0 Å². The van der Waals surface area contributed by atoms with Gasteiger partial charge in [0.05, 0.1) is 10.7 Å². The summed E-state index contributed by atoms with van der Waals surface area (Å²) in [5, 5.41) is 1.20. The van der Waals surface area contributed by atoms with Crippen molar-refractivity contribution in [2.75, 3.05) is 26.2 Å². The van der Waals surface area contributed by atoms with Gasteiger partial charge in [-0.25, -0.2) is 4.98 Å². The normalized spacial score (nSPS) is 23.2. The molecule has 0 amide bonds. The topological polar surface area (TPSA) is 19.4 Å². The average Bonchev–Trinajstić information content (AvgIpc) is 2.58. The number of piperazine rings is 1. The van der Waals surface area contributed by atoms with Crippen LogP contribution in [0, 0.1) is 13.8 Å². The number of hydrogen-bond acceptors (Lipinski definition) is 4. The Balaban J connectivity index is 1.52. The maximum Gasteiger partial charge on any atom is 0.0900 e. The van der Waals surface area contributed by atoms with E-state index >= 15 is 0 Å². The van der Waals surface area contributed by atoms with Gasteiger partial charge in [-0.2, -0.15) is 0 Å². The molecule has 1 aromatic heterocycles. The van der Waals surface area contributed by atoms with E-state index in [0.717, 1.165) is 12.6 Å². The van der Waals surface area contributed by atoms with Crippen LogP contribution in [0.5, 0.6) is 0 Å². The minimum Gasteiger partial charge on any atom is -0.298 e. The summed E-state index contributed by atoms with van der Waals surface area (Å²) in [6.45, 7) is 10.3. The Bertz CT molecular complexity index is 403. The lowest BCUT2D eigenvalue weighted by Gasteiger charge is -2.42. The molecular formula is C14H23N3S. The third-order valence-corrected chi connectivity index (χ3v) is 5.42. The lowest BCUT2D eigenvalue weighted by Crippen LogP contribution is -2.51. The molecule has 2 heterocycles. The fourth-order valence-electron chi connectivity index (χ4n) is 2.96. The second-order valence-corrected chi connectivity index (χ2v) is 6.93. The van der Waals surface area contributed by atoms with Gasteiger partial charge in [-0.15, -0.1) is 11.3 Å². The van der Waals surface area contributed by atoms with Crippen molar-refractivity contribution in [1.82, 2.24) is 14.8 Å². The van der Waals surface area contributed by atoms with Crippen LogP contribution in [0.25, 0.3) is 0 Å². The van der Waals surface area contributed by atoms with Crippen LogP contribution in [0.3, 0.4) is 0 Å². The van der Waals surface area contributed by atoms with Crippen molar-refractivity contribution < 1.29 is 0 Å². The van der Waals surface area contributed by atoms with Gasteiger partial charge in [-0.1, -0.05) is 6.42 Å². The molecule has 0 unspecified atom stereocenters. The molecule has 3 nitrogen and oxygen atoms in total. The predicted octanol–water partition coefficient (Wildman–Crippen LogP) is 2.43. The van der Waals surface area contributed by atoms with Crippen LogP contribution < -0.4 is 0 Å². The summed E-state index contributed by atoms with van der Waals surface area (Å²) in [5.41, 5.74) is 1.24. The van der Waals surface area contributed by atoms with Crippen molar-refractivity contribution in [2.45, 2.75) is 45.7 Å². The van der Waals surface area contributed by atoms with E-state index in [2.05, 4.69) is 28.6 Å². The second-order valence-electron chi connectivity index (χ2n) is 5.64. The zero-order valence-electron chi connectivity index (χ0n) is 11.5. The lowest BCUT2D eigenvalue weighted by atomic mass is 9.91. The zero-order chi connectivity index (χ0) is 12.5. The molecule has 100 valence electrons. The number of aryl methyl sites for hydroxylation is 2. The van der Waals surface area contributed by atoms with Crippen molar-refractivity contribution in [3.8, 4) is 0 Å². The van der Waals surface area contributed by atoms with Crippen molar-refractivity contribution >= 4 is 11.3 Å². The first-order valence-electron chi connectivity index (χ1n) is 7.11. The van der Waals surface area contributed by atoms with E-state index < -0.39 is 0 Å². The van der Waals surface area contributed by atoms with Crippen LogP contribution in [0.2, 0.25) is 0 Å². The van der Waals surface area contributed by atoms with Crippen LogP contribution in [-0.4, -0.2) is 47.0 Å². The predicted molar refractivity (Wildman–Crippen MR) is 76.1 cm³/mol. The van der Waals surface area contributed by atoms with Crippen LogP contribution in [0.1, 0.15) is 34.8 Å². The first-order chi connectivity index (χ1) is 8.72. The third-order valence-electron chi connectivity index (χ3n) is 4.36. The number of thiazole rings is 1. The van der Waals surface area contributed by atoms with E-state index in [0.29, 0.717) is 0 Å². The molecule has 0 bridgehead atoms. The molecule has 0 radical (unpaired) electrons. The molecule has 1 aromatic rings. The summed E-state index contributed by atoms with van der Waals surface area (Å²) >= 11 is 1.86. The molecule has 0 spiro atoms. The van der Waals surface area contributed by atoms with E-state index in [-0.39, 0.29) is 0 Å². The van der Waals surface area contributed by atoms with Gasteiger partial charge in [0.2, 0.25) is 0 Å². The molecule has 0 N–H and O–H groups in total. The summed E-state index contributed by atoms with van der Waals surface area (Å²) in [4.78, 5) is 11.3. The maximum absolute atomic E-state index is 4.52. The van der Waals surface area contributed by atoms with Crippen LogP contribution in [0.15, 0.2) is 0 Å². The molecule has 1 aliphatic carbocycles. The molecule has 1 saturated carbocycles. The lowest BCUT2D eigenvalue weighted by molar-refractivity contribution is 0.0590. The minimum atomic E-state index is 0.916. The first kappa shape index (κ1) is 12.6. The van der Waals surface area contributed by atoms with Gasteiger partial charge in [-0.05, 0) is 26.7 Å². The molecule has 4 heteroatoms. The Morgan fingerprint density at radius 3 is 2.39 bits per heavy atom. The van der Waals surface area contributed by atoms with E-state index in [4.69, 9.17) is 0 Å². The maximum atomic E-state index is 4.52. The number of hydrogen-bond donors (Lipinski definition) is 0. The molecule has 3 rings (SSSR count). The first-order valence-corrected chi connectivity index (χ1v) is 7.93. The molecule has 0 atom stereocenters. The van der Waals surface area contributed by atoms with E-state index in [1.54, 1.807) is 0 Å². The number of rotatable bonds is 3. The molecule has 2 fully saturated rings. The van der Waals surface area contributed by atoms with E-state index in [1.165, 1.54) is 61.0 Å². The monoisotopic (exact) mass is 265 g/mol. The van der Waals surface area contributed by atoms with Crippen molar-refractivity contribution in [3.63, 3.8) is 0 Å². The fourth-order valence-corrected chi connectivity index (χ4v) is 3.94. The highest BCUT2D eigenvalue weighted by molar-refractivity contribution is 7.11. The molecule has 2 aliphatic rings. The second kappa shape index (κ2) is 5.27. The summed E-state index contributed by atoms with van der Waals surface area (Å²) in [6, 6.07) is 0.916. The van der Waals surface area contributed by atoms with Crippen molar-refractivity contribution in [1.29, 1.82) is 0 Å². The third kappa shape index (κ3) is 2.60. The Labute approximate surface area is 114 Å². The molecular weight excluding hydrogens is 242 g/mol. The number of aromatic nitrogens is 1. The quantitative estimate of drug-likeness (QED) is 0.837. The van der Waals surface area contributed by atoms with Crippen LogP contribution in [0.4, 0.5) is 0 Å². The Morgan fingerprint density at radius 1 is 1.17 bits per heavy atom. The average molecular weight is 265 g/mol. The Kier molecular flexibility index (Phi) is 3.68. The SMILES string of the molecule is Cc1nc(C)c(CN2CCN(C3CCC3)CC2)s1. The Hall–Kier alpha value is -0.450. The highest BCUT2D eigenvalue weighted by Gasteiger charge is 2.28. The fraction of sp³-hybridized carbons (Fsp3) is 0.786. The zero-order valence-corrected chi connectivity index (χ0v) is 12.3. The Morgan fingerprint density at radius 2 is 1.89 bits per heavy atom. The number of nitrogens with zero attached hydrogens (tertiary/aromatic N) is 3. The van der Waals surface area contributed by atoms with Gasteiger partial charge in [0.1, 0.15) is 0 Å². The van der Waals surface area contributed by atoms with Crippen LogP contribution >= 0.6 is 11.3 Å². The molecule has 0 aromatic carbocycles. The van der Waals surface area contributed by atoms with E-state index in [1.807, 2.05) is 11.3 Å². The molecule has 1 aliphatic heterocycles. The standard InChI is InChI=1S/C14H23N3S/c1-11-14(18-12(2)15-11)10-16-6-8-17(9-7-16)13-4-3-5-13/h13H,3-10H2,1-2H3. The summed E-state index contributed by atoms with van der Waals surface area (Å²) in [6.07, 6.45) is 4.32. The van der Waals surface area contributed by atoms with Gasteiger partial charge < -0.3 is 0 Å². The van der Waals surface area contributed by atoms with Crippen molar-refractivity contribution in [2.24, 2.45) is 0 Å². The summed E-state index contributed by atoms with van der Waals surface area (Å²) < 4.78 is 0. The largest absolute Gasteiger partial charge is 0.298 e. The highest BCUT2D eigenvalue weighted by Crippen LogP contribution is 2.26. The van der Waals surface area contributed by atoms with Crippen molar-refractivity contribution in [3.05, 3.63) is 15.6 Å². The van der Waals surface area contributed by atoms with Gasteiger partial charge in [0.15, 0.2) is 0 Å². The summed E-state index contributed by atoms with van der Waals surface area (Å²) in [7, 11) is 0. The van der Waals surface area contributed by atoms with Gasteiger partial charge in [-0.3, -0.25) is 9.80 Å². The minimum absolute atomic E-state index is 0.916. The van der Waals surface area contributed by atoms with Gasteiger partial charge in [0, 0.05) is 43.6 Å². The van der Waals surface area contributed by atoms with Crippen LogP contribution in [-0.2, 0) is 6.54 Å².